The fourth-order valence-electron chi connectivity index (χ4n) is 5.23. The van der Waals surface area contributed by atoms with Crippen LogP contribution < -0.4 is 0 Å². The predicted molar refractivity (Wildman–Crippen MR) is 111 cm³/mol. The molecule has 1 saturated heterocycles. The van der Waals surface area contributed by atoms with Gasteiger partial charge in [-0.2, -0.15) is 0 Å². The highest BCUT2D eigenvalue weighted by Gasteiger charge is 2.53. The molecule has 0 aromatic heterocycles. The van der Waals surface area contributed by atoms with Crippen LogP contribution in [0.5, 0.6) is 0 Å². The van der Waals surface area contributed by atoms with Crippen molar-refractivity contribution in [3.8, 4) is 0 Å². The summed E-state index contributed by atoms with van der Waals surface area (Å²) in [6.45, 7) is 4.18. The Kier molecular flexibility index (Phi) is 5.26. The molecule has 1 heterocycles. The maximum Gasteiger partial charge on any atom is 0.222 e. The number of likely N-dealkylation sites (tertiary alicyclic amines) is 1. The zero-order chi connectivity index (χ0) is 19.7. The zero-order valence-corrected chi connectivity index (χ0v) is 16.8. The number of fused-ring (bicyclic) bond motifs is 2. The van der Waals surface area contributed by atoms with Crippen LogP contribution in [0.3, 0.4) is 0 Å². The standard InChI is InChI=1S/C24H30N2O2/c1-3-21(27)26-15-13-24(14-16-26)20-12-8-7-11-19(20)22(23(24)28)25(2)17-18-9-5-4-6-10-18/h4-12,22-23,28H,3,13-17H2,1-2H3/t22-,23+/m0/s1. The van der Waals surface area contributed by atoms with E-state index in [4.69, 9.17) is 0 Å². The fraction of sp³-hybridized carbons (Fsp3) is 0.458. The van der Waals surface area contributed by atoms with E-state index in [0.29, 0.717) is 6.42 Å². The van der Waals surface area contributed by atoms with Gasteiger partial charge >= 0.3 is 0 Å². The third kappa shape index (κ3) is 3.15. The highest BCUT2D eigenvalue weighted by molar-refractivity contribution is 5.76. The number of piperidine rings is 1. The Balaban J connectivity index is 1.62. The largest absolute Gasteiger partial charge is 0.390 e. The molecule has 2 aliphatic rings. The number of benzene rings is 2. The number of aliphatic hydroxyl groups is 1. The van der Waals surface area contributed by atoms with Crippen molar-refractivity contribution >= 4 is 5.91 Å². The molecule has 0 radical (unpaired) electrons. The lowest BCUT2D eigenvalue weighted by Crippen LogP contribution is -2.50. The smallest absolute Gasteiger partial charge is 0.222 e. The molecule has 1 fully saturated rings. The summed E-state index contributed by atoms with van der Waals surface area (Å²) in [6, 6.07) is 18.9. The van der Waals surface area contributed by atoms with Crippen LogP contribution in [-0.4, -0.2) is 47.1 Å². The number of aliphatic hydroxyl groups excluding tert-OH is 1. The van der Waals surface area contributed by atoms with E-state index in [0.717, 1.165) is 32.5 Å². The molecule has 0 saturated carbocycles. The van der Waals surface area contributed by atoms with E-state index in [9.17, 15) is 9.90 Å². The number of amides is 1. The Morgan fingerprint density at radius 3 is 2.43 bits per heavy atom. The molecule has 2 aromatic carbocycles. The summed E-state index contributed by atoms with van der Waals surface area (Å²) in [5, 5.41) is 11.6. The van der Waals surface area contributed by atoms with Crippen LogP contribution in [-0.2, 0) is 16.8 Å². The van der Waals surface area contributed by atoms with Gasteiger partial charge in [-0.3, -0.25) is 9.69 Å². The molecule has 2 aromatic rings. The van der Waals surface area contributed by atoms with Gasteiger partial charge in [0.1, 0.15) is 0 Å². The third-order valence-electron chi connectivity index (χ3n) is 6.74. The van der Waals surface area contributed by atoms with Crippen molar-refractivity contribution in [2.75, 3.05) is 20.1 Å². The first kappa shape index (κ1) is 19.2. The maximum absolute atomic E-state index is 12.1. The molecule has 2 atom stereocenters. The van der Waals surface area contributed by atoms with Gasteiger partial charge in [-0.1, -0.05) is 61.5 Å². The van der Waals surface area contributed by atoms with E-state index < -0.39 is 6.10 Å². The van der Waals surface area contributed by atoms with Crippen molar-refractivity contribution in [3.63, 3.8) is 0 Å². The monoisotopic (exact) mass is 378 g/mol. The minimum atomic E-state index is -0.461. The minimum absolute atomic E-state index is 0.0233. The number of hydrogen-bond acceptors (Lipinski definition) is 3. The Bertz CT molecular complexity index is 828. The van der Waals surface area contributed by atoms with Gasteiger partial charge in [0.05, 0.1) is 12.1 Å². The summed E-state index contributed by atoms with van der Waals surface area (Å²) in [4.78, 5) is 16.4. The molecular weight excluding hydrogens is 348 g/mol. The second-order valence-corrected chi connectivity index (χ2v) is 8.27. The van der Waals surface area contributed by atoms with Crippen molar-refractivity contribution < 1.29 is 9.90 Å². The van der Waals surface area contributed by atoms with Crippen molar-refractivity contribution in [2.45, 2.75) is 50.3 Å². The Morgan fingerprint density at radius 2 is 1.75 bits per heavy atom. The van der Waals surface area contributed by atoms with Crippen molar-refractivity contribution in [3.05, 3.63) is 71.3 Å². The van der Waals surface area contributed by atoms with Crippen LogP contribution in [0.25, 0.3) is 0 Å². The molecule has 0 bridgehead atoms. The number of nitrogens with zero attached hydrogens (tertiary/aromatic N) is 2. The Labute approximate surface area is 167 Å². The highest BCUT2D eigenvalue weighted by Crippen LogP contribution is 2.52. The van der Waals surface area contributed by atoms with Crippen molar-refractivity contribution in [1.29, 1.82) is 0 Å². The second-order valence-electron chi connectivity index (χ2n) is 8.27. The van der Waals surface area contributed by atoms with Gasteiger partial charge in [-0.15, -0.1) is 0 Å². The molecule has 4 rings (SSSR count). The van der Waals surface area contributed by atoms with E-state index in [1.54, 1.807) is 0 Å². The Hall–Kier alpha value is -2.17. The molecule has 1 spiro atoms. The normalized spacial score (nSPS) is 23.2. The van der Waals surface area contributed by atoms with E-state index in [1.165, 1.54) is 16.7 Å². The van der Waals surface area contributed by atoms with Crippen LogP contribution in [0.2, 0.25) is 0 Å². The lowest BCUT2D eigenvalue weighted by molar-refractivity contribution is -0.133. The molecule has 4 heteroatoms. The van der Waals surface area contributed by atoms with Gasteiger partial charge in [0, 0.05) is 31.5 Å². The van der Waals surface area contributed by atoms with Crippen LogP contribution in [0.15, 0.2) is 54.6 Å². The lowest BCUT2D eigenvalue weighted by atomic mass is 9.72. The molecule has 4 nitrogen and oxygen atoms in total. The first-order valence-electron chi connectivity index (χ1n) is 10.4. The van der Waals surface area contributed by atoms with Crippen LogP contribution >= 0.6 is 0 Å². The van der Waals surface area contributed by atoms with Gasteiger partial charge < -0.3 is 10.0 Å². The molecule has 0 unspecified atom stereocenters. The van der Waals surface area contributed by atoms with Gasteiger partial charge in [-0.05, 0) is 36.6 Å². The topological polar surface area (TPSA) is 43.8 Å². The average molecular weight is 379 g/mol. The molecular formula is C24H30N2O2. The predicted octanol–water partition coefficient (Wildman–Crippen LogP) is 3.50. The van der Waals surface area contributed by atoms with Gasteiger partial charge in [0.2, 0.25) is 5.91 Å². The second kappa shape index (κ2) is 7.69. The first-order chi connectivity index (χ1) is 13.6. The summed E-state index contributed by atoms with van der Waals surface area (Å²) < 4.78 is 0. The van der Waals surface area contributed by atoms with Crippen LogP contribution in [0.1, 0.15) is 48.9 Å². The SMILES string of the molecule is CCC(=O)N1CCC2(CC1)c1ccccc1[C@H](N(C)Cc1ccccc1)[C@H]2O. The maximum atomic E-state index is 12.1. The zero-order valence-electron chi connectivity index (χ0n) is 16.8. The summed E-state index contributed by atoms with van der Waals surface area (Å²) in [6.07, 6.45) is 1.74. The van der Waals surface area contributed by atoms with E-state index >= 15 is 0 Å². The van der Waals surface area contributed by atoms with Gasteiger partial charge in [0.15, 0.2) is 0 Å². The molecule has 1 aliphatic heterocycles. The minimum Gasteiger partial charge on any atom is -0.390 e. The highest BCUT2D eigenvalue weighted by atomic mass is 16.3. The Morgan fingerprint density at radius 1 is 1.11 bits per heavy atom. The van der Waals surface area contributed by atoms with Crippen LogP contribution in [0.4, 0.5) is 0 Å². The summed E-state index contributed by atoms with van der Waals surface area (Å²) in [7, 11) is 2.10. The summed E-state index contributed by atoms with van der Waals surface area (Å²) in [5.41, 5.74) is 3.51. The van der Waals surface area contributed by atoms with Gasteiger partial charge in [-0.25, -0.2) is 0 Å². The molecule has 1 N–H and O–H groups in total. The summed E-state index contributed by atoms with van der Waals surface area (Å²) in [5.74, 6) is 0.216. The molecule has 28 heavy (non-hydrogen) atoms. The molecule has 1 amide bonds. The lowest BCUT2D eigenvalue weighted by Gasteiger charge is -2.43. The van der Waals surface area contributed by atoms with Crippen molar-refractivity contribution in [1.82, 2.24) is 9.80 Å². The number of likely N-dealkylation sites (N-methyl/N-ethyl adjacent to an activating group) is 1. The number of rotatable bonds is 4. The number of hydrogen-bond donors (Lipinski definition) is 1. The first-order valence-corrected chi connectivity index (χ1v) is 10.4. The molecule has 1 aliphatic carbocycles. The van der Waals surface area contributed by atoms with E-state index in [1.807, 2.05) is 17.9 Å². The quantitative estimate of drug-likeness (QED) is 0.886. The number of carbonyl (C=O) groups excluding carboxylic acids is 1. The third-order valence-corrected chi connectivity index (χ3v) is 6.74. The number of carbonyl (C=O) groups is 1. The van der Waals surface area contributed by atoms with E-state index in [2.05, 4.69) is 60.5 Å². The van der Waals surface area contributed by atoms with Crippen LogP contribution in [0, 0.1) is 0 Å². The fourth-order valence-corrected chi connectivity index (χ4v) is 5.23. The van der Waals surface area contributed by atoms with E-state index in [-0.39, 0.29) is 17.4 Å². The summed E-state index contributed by atoms with van der Waals surface area (Å²) >= 11 is 0. The average Bonchev–Trinajstić information content (AvgIpc) is 2.97. The molecule has 148 valence electrons. The van der Waals surface area contributed by atoms with Gasteiger partial charge in [0.25, 0.3) is 0 Å². The van der Waals surface area contributed by atoms with Crippen molar-refractivity contribution in [2.24, 2.45) is 0 Å².